The Bertz CT molecular complexity index is 559. The highest BCUT2D eigenvalue weighted by Gasteiger charge is 2.29. The zero-order valence-electron chi connectivity index (χ0n) is 9.60. The number of pyridine rings is 1. The highest BCUT2D eigenvalue weighted by molar-refractivity contribution is 7.91. The minimum Gasteiger partial charge on any atom is -0.311 e. The van der Waals surface area contributed by atoms with Gasteiger partial charge in [0.15, 0.2) is 9.84 Å². The molecule has 0 saturated carbocycles. The zero-order chi connectivity index (χ0) is 13.2. The first-order chi connectivity index (χ1) is 8.44. The van der Waals surface area contributed by atoms with Gasteiger partial charge in [0.05, 0.1) is 11.5 Å². The lowest BCUT2D eigenvalue weighted by molar-refractivity contribution is -0.116. The monoisotopic (exact) mass is 272 g/mol. The summed E-state index contributed by atoms with van der Waals surface area (Å²) in [7, 11) is -2.98. The first-order valence-corrected chi connectivity index (χ1v) is 7.39. The minimum atomic E-state index is -2.98. The molecule has 2 rings (SSSR count). The van der Waals surface area contributed by atoms with Crippen molar-refractivity contribution in [2.75, 3.05) is 16.8 Å². The minimum absolute atomic E-state index is 0.0526. The highest BCUT2D eigenvalue weighted by atomic mass is 32.2. The summed E-state index contributed by atoms with van der Waals surface area (Å²) in [6, 6.07) is 4.10. The summed E-state index contributed by atoms with van der Waals surface area (Å²) in [5.74, 6) is -0.823. The van der Waals surface area contributed by atoms with Crippen molar-refractivity contribution in [2.45, 2.75) is 12.8 Å². The van der Waals surface area contributed by atoms with Gasteiger partial charge in [0.2, 0.25) is 11.9 Å². The van der Waals surface area contributed by atoms with Gasteiger partial charge in [0.1, 0.15) is 5.82 Å². The lowest BCUT2D eigenvalue weighted by Crippen LogP contribution is -2.18. The quantitative estimate of drug-likeness (QED) is 0.832. The average molecular weight is 272 g/mol. The van der Waals surface area contributed by atoms with E-state index in [-0.39, 0.29) is 35.6 Å². The number of nitrogens with zero attached hydrogens (tertiary/aromatic N) is 1. The van der Waals surface area contributed by atoms with E-state index in [4.69, 9.17) is 0 Å². The molecule has 2 heterocycles. The Kier molecular flexibility index (Phi) is 3.60. The van der Waals surface area contributed by atoms with Gasteiger partial charge in [-0.3, -0.25) is 4.79 Å². The summed E-state index contributed by atoms with van der Waals surface area (Å²) in [6.07, 6.45) is 0.629. The van der Waals surface area contributed by atoms with Crippen LogP contribution >= 0.6 is 0 Å². The molecule has 0 spiro atoms. The number of hydrogen-bond acceptors (Lipinski definition) is 4. The molecule has 7 heteroatoms. The molecule has 0 aliphatic carbocycles. The van der Waals surface area contributed by atoms with Crippen molar-refractivity contribution >= 4 is 21.6 Å². The van der Waals surface area contributed by atoms with E-state index in [1.165, 1.54) is 18.2 Å². The lowest BCUT2D eigenvalue weighted by atomic mass is 10.1. The van der Waals surface area contributed by atoms with Gasteiger partial charge in [-0.25, -0.2) is 13.4 Å². The van der Waals surface area contributed by atoms with Crippen LogP contribution in [0.2, 0.25) is 0 Å². The fraction of sp³-hybridized carbons (Fsp3) is 0.455. The van der Waals surface area contributed by atoms with Gasteiger partial charge in [0.25, 0.3) is 0 Å². The van der Waals surface area contributed by atoms with E-state index in [1.807, 2.05) is 0 Å². The van der Waals surface area contributed by atoms with Gasteiger partial charge < -0.3 is 5.32 Å². The van der Waals surface area contributed by atoms with Crippen molar-refractivity contribution in [3.8, 4) is 0 Å². The SMILES string of the molecule is O=C(CC1CCS(=O)(=O)C1)Nc1cccc(F)n1. The largest absolute Gasteiger partial charge is 0.311 e. The Hall–Kier alpha value is -1.50. The first kappa shape index (κ1) is 12.9. The van der Waals surface area contributed by atoms with E-state index in [9.17, 15) is 17.6 Å². The van der Waals surface area contributed by atoms with E-state index < -0.39 is 15.8 Å². The molecule has 18 heavy (non-hydrogen) atoms. The van der Waals surface area contributed by atoms with Crippen molar-refractivity contribution < 1.29 is 17.6 Å². The Balaban J connectivity index is 1.90. The van der Waals surface area contributed by atoms with E-state index in [0.29, 0.717) is 6.42 Å². The summed E-state index contributed by atoms with van der Waals surface area (Å²) in [5.41, 5.74) is 0. The van der Waals surface area contributed by atoms with Crippen LogP contribution in [0, 0.1) is 11.9 Å². The predicted molar refractivity (Wildman–Crippen MR) is 64.2 cm³/mol. The van der Waals surface area contributed by atoms with Gasteiger partial charge in [-0.05, 0) is 24.5 Å². The van der Waals surface area contributed by atoms with E-state index in [2.05, 4.69) is 10.3 Å². The fourth-order valence-corrected chi connectivity index (χ4v) is 3.83. The third kappa shape index (κ3) is 3.49. The summed E-state index contributed by atoms with van der Waals surface area (Å²) >= 11 is 0. The molecule has 1 aromatic rings. The molecule has 1 aromatic heterocycles. The second-order valence-corrected chi connectivity index (χ2v) is 6.60. The maximum absolute atomic E-state index is 12.8. The molecular weight excluding hydrogens is 259 g/mol. The van der Waals surface area contributed by atoms with Gasteiger partial charge in [-0.2, -0.15) is 4.39 Å². The lowest BCUT2D eigenvalue weighted by Gasteiger charge is -2.07. The Morgan fingerprint density at radius 3 is 2.89 bits per heavy atom. The number of sulfone groups is 1. The maximum Gasteiger partial charge on any atom is 0.225 e. The molecule has 0 radical (unpaired) electrons. The topological polar surface area (TPSA) is 76.1 Å². The van der Waals surface area contributed by atoms with Crippen LogP contribution in [-0.2, 0) is 14.6 Å². The molecule has 1 aliphatic heterocycles. The van der Waals surface area contributed by atoms with Crippen LogP contribution in [0.25, 0.3) is 0 Å². The van der Waals surface area contributed by atoms with Gasteiger partial charge in [-0.15, -0.1) is 0 Å². The molecule has 0 bridgehead atoms. The standard InChI is InChI=1S/C11H13FN2O3S/c12-9-2-1-3-10(13-9)14-11(15)6-8-4-5-18(16,17)7-8/h1-3,8H,4-7H2,(H,13,14,15). The molecule has 5 nitrogen and oxygen atoms in total. The number of nitrogens with one attached hydrogen (secondary N) is 1. The van der Waals surface area contributed by atoms with Crippen LogP contribution in [0.5, 0.6) is 0 Å². The third-order valence-electron chi connectivity index (χ3n) is 2.78. The predicted octanol–water partition coefficient (Wildman–Crippen LogP) is 0.984. The molecular formula is C11H13FN2O3S. The zero-order valence-corrected chi connectivity index (χ0v) is 10.4. The van der Waals surface area contributed by atoms with E-state index in [1.54, 1.807) is 0 Å². The second kappa shape index (κ2) is 5.01. The number of aromatic nitrogens is 1. The van der Waals surface area contributed by atoms with Crippen LogP contribution in [0.1, 0.15) is 12.8 Å². The Morgan fingerprint density at radius 1 is 1.50 bits per heavy atom. The van der Waals surface area contributed by atoms with Gasteiger partial charge in [-0.1, -0.05) is 6.07 Å². The highest BCUT2D eigenvalue weighted by Crippen LogP contribution is 2.21. The maximum atomic E-state index is 12.8. The molecule has 1 fully saturated rings. The molecule has 1 unspecified atom stereocenters. The summed E-state index contributed by atoms with van der Waals surface area (Å²) in [4.78, 5) is 15.1. The normalized spacial score (nSPS) is 21.7. The number of rotatable bonds is 3. The fourth-order valence-electron chi connectivity index (χ4n) is 1.97. The third-order valence-corrected chi connectivity index (χ3v) is 4.62. The molecule has 1 saturated heterocycles. The second-order valence-electron chi connectivity index (χ2n) is 4.37. The van der Waals surface area contributed by atoms with Crippen LogP contribution < -0.4 is 5.32 Å². The van der Waals surface area contributed by atoms with Crippen molar-refractivity contribution in [3.63, 3.8) is 0 Å². The number of hydrogen-bond donors (Lipinski definition) is 1. The molecule has 1 N–H and O–H groups in total. The number of halogens is 1. The Morgan fingerprint density at radius 2 is 2.28 bits per heavy atom. The summed E-state index contributed by atoms with van der Waals surface area (Å²) < 4.78 is 35.2. The number of carbonyl (C=O) groups is 1. The van der Waals surface area contributed by atoms with Gasteiger partial charge in [0, 0.05) is 6.42 Å². The number of anilines is 1. The smallest absolute Gasteiger partial charge is 0.225 e. The van der Waals surface area contributed by atoms with E-state index in [0.717, 1.165) is 0 Å². The van der Waals surface area contributed by atoms with Crippen LogP contribution in [-0.4, -0.2) is 30.8 Å². The van der Waals surface area contributed by atoms with Gasteiger partial charge >= 0.3 is 0 Å². The summed E-state index contributed by atoms with van der Waals surface area (Å²) in [6.45, 7) is 0. The average Bonchev–Trinajstić information content (AvgIpc) is 2.57. The Labute approximate surface area is 104 Å². The van der Waals surface area contributed by atoms with Crippen molar-refractivity contribution in [3.05, 3.63) is 24.1 Å². The van der Waals surface area contributed by atoms with E-state index >= 15 is 0 Å². The molecule has 1 aliphatic rings. The van der Waals surface area contributed by atoms with Crippen molar-refractivity contribution in [1.29, 1.82) is 0 Å². The molecule has 1 atom stereocenters. The number of carbonyl (C=O) groups excluding carboxylic acids is 1. The van der Waals surface area contributed by atoms with Crippen LogP contribution in [0.3, 0.4) is 0 Å². The van der Waals surface area contributed by atoms with Crippen molar-refractivity contribution in [1.82, 2.24) is 4.98 Å². The van der Waals surface area contributed by atoms with Crippen molar-refractivity contribution in [2.24, 2.45) is 5.92 Å². The number of amides is 1. The molecule has 0 aromatic carbocycles. The molecule has 1 amide bonds. The molecule has 98 valence electrons. The van der Waals surface area contributed by atoms with Crippen LogP contribution in [0.15, 0.2) is 18.2 Å². The first-order valence-electron chi connectivity index (χ1n) is 5.57. The summed E-state index contributed by atoms with van der Waals surface area (Å²) in [5, 5.41) is 2.45. The van der Waals surface area contributed by atoms with Crippen LogP contribution in [0.4, 0.5) is 10.2 Å².